The van der Waals surface area contributed by atoms with E-state index >= 15 is 0 Å². The van der Waals surface area contributed by atoms with E-state index in [2.05, 4.69) is 12.1 Å². The molecule has 72 valence electrons. The summed E-state index contributed by atoms with van der Waals surface area (Å²) in [4.78, 5) is 13.3. The molecule has 0 spiro atoms. The highest BCUT2D eigenvalue weighted by molar-refractivity contribution is 5.95. The second kappa shape index (κ2) is 3.29. The zero-order chi connectivity index (χ0) is 10.1. The maximum atomic E-state index is 11.3. The van der Waals surface area contributed by atoms with Crippen molar-refractivity contribution in [2.75, 3.05) is 11.9 Å². The summed E-state index contributed by atoms with van der Waals surface area (Å²) >= 11 is 0. The Morgan fingerprint density at radius 3 is 2.79 bits per heavy atom. The molecule has 0 N–H and O–H groups in total. The van der Waals surface area contributed by atoms with Gasteiger partial charge in [-0.2, -0.15) is 0 Å². The van der Waals surface area contributed by atoms with Crippen LogP contribution in [0.5, 0.6) is 0 Å². The number of hydrogen-bond acceptors (Lipinski definition) is 2. The predicted octanol–water partition coefficient (Wildman–Crippen LogP) is 2.15. The van der Waals surface area contributed by atoms with Crippen molar-refractivity contribution in [1.82, 2.24) is 0 Å². The van der Waals surface area contributed by atoms with Gasteiger partial charge in [0.1, 0.15) is 0 Å². The van der Waals surface area contributed by atoms with Crippen LogP contribution in [0, 0.1) is 0 Å². The van der Waals surface area contributed by atoms with E-state index in [4.69, 9.17) is 0 Å². The highest BCUT2D eigenvalue weighted by Crippen LogP contribution is 2.27. The predicted molar refractivity (Wildman–Crippen MR) is 57.3 cm³/mol. The summed E-state index contributed by atoms with van der Waals surface area (Å²) in [5.74, 6) is 0.159. The first-order valence-electron chi connectivity index (χ1n) is 4.71. The van der Waals surface area contributed by atoms with Crippen LogP contribution in [0.15, 0.2) is 36.0 Å². The molecule has 0 unspecified atom stereocenters. The Morgan fingerprint density at radius 2 is 2.07 bits per heavy atom. The monoisotopic (exact) mass is 187 g/mol. The second-order valence-corrected chi connectivity index (χ2v) is 3.63. The number of rotatable bonds is 1. The van der Waals surface area contributed by atoms with E-state index in [1.54, 1.807) is 6.92 Å². The van der Waals surface area contributed by atoms with Crippen LogP contribution in [-0.2, 0) is 11.2 Å². The van der Waals surface area contributed by atoms with Gasteiger partial charge in [-0.3, -0.25) is 4.79 Å². The molecule has 1 aromatic carbocycles. The first-order valence-corrected chi connectivity index (χ1v) is 4.71. The quantitative estimate of drug-likeness (QED) is 0.671. The summed E-state index contributed by atoms with van der Waals surface area (Å²) in [6.07, 6.45) is 2.68. The number of carbonyl (C=O) groups excluding carboxylic acids is 1. The zero-order valence-electron chi connectivity index (χ0n) is 8.45. The Morgan fingerprint density at radius 1 is 1.36 bits per heavy atom. The molecule has 14 heavy (non-hydrogen) atoms. The Balaban J connectivity index is 2.42. The van der Waals surface area contributed by atoms with Crippen LogP contribution >= 0.6 is 0 Å². The smallest absolute Gasteiger partial charge is 0.157 e. The van der Waals surface area contributed by atoms with Crippen LogP contribution in [0.25, 0.3) is 0 Å². The lowest BCUT2D eigenvalue weighted by molar-refractivity contribution is -0.113. The van der Waals surface area contributed by atoms with Gasteiger partial charge in [-0.25, -0.2) is 0 Å². The molecular weight excluding hydrogens is 174 g/mol. The Bertz CT molecular complexity index is 407. The summed E-state index contributed by atoms with van der Waals surface area (Å²) in [6.45, 7) is 1.62. The number of carbonyl (C=O) groups is 1. The van der Waals surface area contributed by atoms with Crippen molar-refractivity contribution in [3.05, 3.63) is 41.6 Å². The maximum Gasteiger partial charge on any atom is 0.157 e. The first kappa shape index (κ1) is 9.00. The van der Waals surface area contributed by atoms with Gasteiger partial charge < -0.3 is 4.90 Å². The van der Waals surface area contributed by atoms with Gasteiger partial charge in [-0.05, 0) is 18.6 Å². The van der Waals surface area contributed by atoms with Crippen LogP contribution in [0.2, 0.25) is 0 Å². The first-order chi connectivity index (χ1) is 6.68. The van der Waals surface area contributed by atoms with Gasteiger partial charge >= 0.3 is 0 Å². The molecular formula is C12H13NO. The number of para-hydroxylation sites is 1. The van der Waals surface area contributed by atoms with Crippen molar-refractivity contribution in [2.24, 2.45) is 0 Å². The third-order valence-electron chi connectivity index (χ3n) is 2.55. The normalized spacial score (nSPS) is 14.7. The molecule has 0 aliphatic carbocycles. The van der Waals surface area contributed by atoms with E-state index in [1.165, 1.54) is 11.3 Å². The summed E-state index contributed by atoms with van der Waals surface area (Å²) in [7, 11) is 1.97. The average Bonchev–Trinajstić information content (AvgIpc) is 2.17. The molecule has 0 amide bonds. The lowest BCUT2D eigenvalue weighted by Gasteiger charge is -2.24. The molecule has 0 saturated carbocycles. The van der Waals surface area contributed by atoms with Crippen molar-refractivity contribution < 1.29 is 4.79 Å². The number of benzene rings is 1. The van der Waals surface area contributed by atoms with Crippen molar-refractivity contribution in [1.29, 1.82) is 0 Å². The number of allylic oxidation sites excluding steroid dienone is 1. The molecule has 0 atom stereocenters. The molecule has 0 saturated heterocycles. The minimum absolute atomic E-state index is 0.159. The van der Waals surface area contributed by atoms with Gasteiger partial charge in [-0.15, -0.1) is 0 Å². The zero-order valence-corrected chi connectivity index (χ0v) is 8.45. The molecule has 0 aromatic heterocycles. The summed E-state index contributed by atoms with van der Waals surface area (Å²) in [5, 5.41) is 0. The summed E-state index contributed by atoms with van der Waals surface area (Å²) in [6, 6.07) is 8.17. The Hall–Kier alpha value is -1.57. The van der Waals surface area contributed by atoms with E-state index in [1.807, 2.05) is 30.3 Å². The van der Waals surface area contributed by atoms with Gasteiger partial charge in [0.05, 0.1) is 0 Å². The van der Waals surface area contributed by atoms with Crippen molar-refractivity contribution in [3.63, 3.8) is 0 Å². The topological polar surface area (TPSA) is 20.3 Å². The molecule has 1 aliphatic heterocycles. The standard InChI is InChI=1S/C12H13NO/c1-9(14)11-7-10-5-3-4-6-12(10)13(2)8-11/h3-6,8H,7H2,1-2H3. The molecule has 1 aromatic rings. The molecule has 0 fully saturated rings. The van der Waals surface area contributed by atoms with E-state index in [-0.39, 0.29) is 5.78 Å². The molecule has 2 nitrogen and oxygen atoms in total. The van der Waals surface area contributed by atoms with Crippen molar-refractivity contribution in [2.45, 2.75) is 13.3 Å². The van der Waals surface area contributed by atoms with E-state index in [0.717, 1.165) is 12.0 Å². The minimum atomic E-state index is 0.159. The fourth-order valence-corrected chi connectivity index (χ4v) is 1.77. The number of hydrogen-bond donors (Lipinski definition) is 0. The van der Waals surface area contributed by atoms with Crippen LogP contribution in [-0.4, -0.2) is 12.8 Å². The largest absolute Gasteiger partial charge is 0.350 e. The minimum Gasteiger partial charge on any atom is -0.350 e. The number of Topliss-reactive ketones (excluding diaryl/α,β-unsaturated/α-hetero) is 1. The number of ketones is 1. The number of anilines is 1. The fourth-order valence-electron chi connectivity index (χ4n) is 1.77. The van der Waals surface area contributed by atoms with Crippen LogP contribution in [0.1, 0.15) is 12.5 Å². The van der Waals surface area contributed by atoms with Crippen molar-refractivity contribution in [3.8, 4) is 0 Å². The average molecular weight is 187 g/mol. The molecule has 2 rings (SSSR count). The third-order valence-corrected chi connectivity index (χ3v) is 2.55. The molecule has 1 aliphatic rings. The highest BCUT2D eigenvalue weighted by atomic mass is 16.1. The number of fused-ring (bicyclic) bond motifs is 1. The van der Waals surface area contributed by atoms with Crippen LogP contribution < -0.4 is 4.90 Å². The highest BCUT2D eigenvalue weighted by Gasteiger charge is 2.16. The maximum absolute atomic E-state index is 11.3. The molecule has 0 bridgehead atoms. The summed E-state index contributed by atoms with van der Waals surface area (Å²) in [5.41, 5.74) is 3.30. The lowest BCUT2D eigenvalue weighted by Crippen LogP contribution is -2.19. The van der Waals surface area contributed by atoms with Gasteiger partial charge in [-0.1, -0.05) is 18.2 Å². The van der Waals surface area contributed by atoms with Gasteiger partial charge in [0.25, 0.3) is 0 Å². The second-order valence-electron chi connectivity index (χ2n) is 3.63. The van der Waals surface area contributed by atoms with E-state index in [0.29, 0.717) is 0 Å². The van der Waals surface area contributed by atoms with Crippen molar-refractivity contribution >= 4 is 11.5 Å². The Labute approximate surface area is 83.8 Å². The fraction of sp³-hybridized carbons (Fsp3) is 0.250. The molecule has 2 heteroatoms. The SMILES string of the molecule is CC(=O)C1=CN(C)c2ccccc2C1. The van der Waals surface area contributed by atoms with Gasteiger partial charge in [0.2, 0.25) is 0 Å². The van der Waals surface area contributed by atoms with Crippen LogP contribution in [0.3, 0.4) is 0 Å². The van der Waals surface area contributed by atoms with Gasteiger partial charge in [0, 0.05) is 30.9 Å². The molecule has 1 heterocycles. The van der Waals surface area contributed by atoms with Crippen LogP contribution in [0.4, 0.5) is 5.69 Å². The number of nitrogens with zero attached hydrogens (tertiary/aromatic N) is 1. The lowest BCUT2D eigenvalue weighted by atomic mass is 9.98. The third kappa shape index (κ3) is 1.43. The van der Waals surface area contributed by atoms with E-state index < -0.39 is 0 Å². The Kier molecular flexibility index (Phi) is 2.12. The van der Waals surface area contributed by atoms with Gasteiger partial charge in [0.15, 0.2) is 5.78 Å². The van der Waals surface area contributed by atoms with E-state index in [9.17, 15) is 4.79 Å². The summed E-state index contributed by atoms with van der Waals surface area (Å²) < 4.78 is 0. The molecule has 0 radical (unpaired) electrons.